The summed E-state index contributed by atoms with van der Waals surface area (Å²) < 4.78 is 25.7. The number of oxime groups is 1. The molecular formula is C19H25N3O5S. The lowest BCUT2D eigenvalue weighted by Crippen LogP contribution is -2.20. The fourth-order valence-electron chi connectivity index (χ4n) is 2.93. The van der Waals surface area contributed by atoms with Crippen LogP contribution in [-0.2, 0) is 28.1 Å². The van der Waals surface area contributed by atoms with Gasteiger partial charge in [0.2, 0.25) is 0 Å². The van der Waals surface area contributed by atoms with Gasteiger partial charge in [0, 0.05) is 25.1 Å². The normalized spacial score (nSPS) is 12.2. The number of ketones is 1. The molecule has 1 N–H and O–H groups in total. The highest BCUT2D eigenvalue weighted by molar-refractivity contribution is 7.90. The Labute approximate surface area is 164 Å². The van der Waals surface area contributed by atoms with Crippen LogP contribution in [0.15, 0.2) is 33.2 Å². The minimum absolute atomic E-state index is 0.0118. The standard InChI is InChI=1S/C19H25N3O5S/c1-6-27-21-12(2)7-8-14-13(3)15(9-10-17(14)28(5,25)26)18(23)16-11-20-22(4)19(16)24/h9-11,20H,6-8H2,1-5H3/b21-12+. The Morgan fingerprint density at radius 3 is 2.50 bits per heavy atom. The molecule has 0 radical (unpaired) electrons. The van der Waals surface area contributed by atoms with Gasteiger partial charge in [0.1, 0.15) is 12.2 Å². The zero-order valence-corrected chi connectivity index (χ0v) is 17.5. The summed E-state index contributed by atoms with van der Waals surface area (Å²) >= 11 is 0. The second-order valence-corrected chi connectivity index (χ2v) is 8.60. The summed E-state index contributed by atoms with van der Waals surface area (Å²) in [4.78, 5) is 30.2. The molecule has 0 aliphatic heterocycles. The van der Waals surface area contributed by atoms with E-state index in [1.807, 2.05) is 6.92 Å². The maximum absolute atomic E-state index is 12.9. The number of aromatic nitrogens is 2. The third kappa shape index (κ3) is 4.59. The number of aromatic amines is 1. The molecule has 0 aliphatic rings. The molecular weight excluding hydrogens is 382 g/mol. The zero-order valence-electron chi connectivity index (χ0n) is 16.7. The Bertz CT molecular complexity index is 1080. The van der Waals surface area contributed by atoms with Crippen LogP contribution in [0.1, 0.15) is 47.3 Å². The van der Waals surface area contributed by atoms with E-state index in [1.165, 1.54) is 30.1 Å². The van der Waals surface area contributed by atoms with Crippen LogP contribution in [0, 0.1) is 6.92 Å². The second kappa shape index (κ2) is 8.55. The van der Waals surface area contributed by atoms with Crippen molar-refractivity contribution in [1.82, 2.24) is 9.78 Å². The Morgan fingerprint density at radius 2 is 1.96 bits per heavy atom. The van der Waals surface area contributed by atoms with Crippen molar-refractivity contribution in [2.75, 3.05) is 12.9 Å². The van der Waals surface area contributed by atoms with Crippen LogP contribution >= 0.6 is 0 Å². The van der Waals surface area contributed by atoms with E-state index in [0.717, 1.165) is 12.0 Å². The number of aryl methyl sites for hydroxylation is 1. The lowest BCUT2D eigenvalue weighted by Gasteiger charge is -2.15. The molecule has 0 saturated carbocycles. The number of sulfone groups is 1. The Balaban J connectivity index is 2.52. The average Bonchev–Trinajstić information content (AvgIpc) is 2.96. The number of H-pyrrole nitrogens is 1. The minimum Gasteiger partial charge on any atom is -0.396 e. The van der Waals surface area contributed by atoms with Crippen LogP contribution in [0.3, 0.4) is 0 Å². The molecule has 0 saturated heterocycles. The molecule has 9 heteroatoms. The first kappa shape index (κ1) is 21.6. The number of carbonyl (C=O) groups is 1. The summed E-state index contributed by atoms with van der Waals surface area (Å²) in [6, 6.07) is 2.89. The number of benzene rings is 1. The van der Waals surface area contributed by atoms with Gasteiger partial charge in [-0.15, -0.1) is 0 Å². The van der Waals surface area contributed by atoms with E-state index in [4.69, 9.17) is 4.84 Å². The molecule has 0 fully saturated rings. The first-order valence-corrected chi connectivity index (χ1v) is 10.7. The lowest BCUT2D eigenvalue weighted by molar-refractivity contribution is 0.103. The van der Waals surface area contributed by atoms with E-state index in [9.17, 15) is 18.0 Å². The van der Waals surface area contributed by atoms with Gasteiger partial charge in [0.15, 0.2) is 15.6 Å². The molecule has 2 rings (SSSR count). The molecule has 0 atom stereocenters. The molecule has 1 heterocycles. The number of nitrogens with zero attached hydrogens (tertiary/aromatic N) is 2. The Kier molecular flexibility index (Phi) is 6.60. The monoisotopic (exact) mass is 407 g/mol. The minimum atomic E-state index is -3.49. The van der Waals surface area contributed by atoms with Crippen LogP contribution in [0.4, 0.5) is 0 Å². The molecule has 0 amide bonds. The quantitative estimate of drug-likeness (QED) is 0.409. The van der Waals surface area contributed by atoms with Gasteiger partial charge in [-0.1, -0.05) is 5.16 Å². The summed E-state index contributed by atoms with van der Waals surface area (Å²) in [5, 5.41) is 6.63. The SMILES string of the molecule is CCO/N=C(\C)CCc1c(S(C)(=O)=O)ccc(C(=O)c2c[nH]n(C)c2=O)c1C. The summed E-state index contributed by atoms with van der Waals surface area (Å²) in [5.41, 5.74) is 1.69. The van der Waals surface area contributed by atoms with E-state index >= 15 is 0 Å². The van der Waals surface area contributed by atoms with Crippen molar-refractivity contribution >= 4 is 21.3 Å². The molecule has 8 nitrogen and oxygen atoms in total. The number of nitrogens with one attached hydrogen (secondary N) is 1. The van der Waals surface area contributed by atoms with Gasteiger partial charge in [-0.25, -0.2) is 8.42 Å². The van der Waals surface area contributed by atoms with Crippen LogP contribution in [0.5, 0.6) is 0 Å². The highest BCUT2D eigenvalue weighted by Crippen LogP contribution is 2.26. The van der Waals surface area contributed by atoms with Crippen molar-refractivity contribution < 1.29 is 18.0 Å². The third-order valence-electron chi connectivity index (χ3n) is 4.47. The van der Waals surface area contributed by atoms with Crippen molar-refractivity contribution in [3.63, 3.8) is 0 Å². The Hall–Kier alpha value is -2.68. The van der Waals surface area contributed by atoms with Crippen molar-refractivity contribution in [2.45, 2.75) is 38.5 Å². The first-order valence-electron chi connectivity index (χ1n) is 8.85. The van der Waals surface area contributed by atoms with Crippen molar-refractivity contribution in [2.24, 2.45) is 12.2 Å². The molecule has 0 aliphatic carbocycles. The highest BCUT2D eigenvalue weighted by Gasteiger charge is 2.23. The van der Waals surface area contributed by atoms with Crippen LogP contribution in [0.25, 0.3) is 0 Å². The fraction of sp³-hybridized carbons (Fsp3) is 0.421. The van der Waals surface area contributed by atoms with E-state index in [2.05, 4.69) is 10.3 Å². The Morgan fingerprint density at radius 1 is 1.29 bits per heavy atom. The van der Waals surface area contributed by atoms with Gasteiger partial charge in [0.25, 0.3) is 5.56 Å². The van der Waals surface area contributed by atoms with Gasteiger partial charge < -0.3 is 9.94 Å². The number of hydrogen-bond acceptors (Lipinski definition) is 6. The van der Waals surface area contributed by atoms with Gasteiger partial charge in [-0.05, 0) is 56.9 Å². The molecule has 152 valence electrons. The molecule has 28 heavy (non-hydrogen) atoms. The zero-order chi connectivity index (χ0) is 21.1. The van der Waals surface area contributed by atoms with E-state index in [1.54, 1.807) is 13.8 Å². The number of carbonyl (C=O) groups excluding carboxylic acids is 1. The topological polar surface area (TPSA) is 111 Å². The van der Waals surface area contributed by atoms with Crippen LogP contribution in [-0.4, -0.2) is 42.6 Å². The predicted octanol–water partition coefficient (Wildman–Crippen LogP) is 2.00. The number of rotatable bonds is 8. The lowest BCUT2D eigenvalue weighted by atomic mass is 9.94. The van der Waals surface area contributed by atoms with Crippen molar-refractivity contribution in [3.05, 3.63) is 50.9 Å². The molecule has 0 spiro atoms. The molecule has 0 bridgehead atoms. The van der Waals surface area contributed by atoms with E-state index < -0.39 is 21.2 Å². The molecule has 0 unspecified atom stereocenters. The van der Waals surface area contributed by atoms with Gasteiger partial charge in [-0.2, -0.15) is 0 Å². The summed E-state index contributed by atoms with van der Waals surface area (Å²) in [5.74, 6) is -0.444. The summed E-state index contributed by atoms with van der Waals surface area (Å²) in [6.07, 6.45) is 3.35. The predicted molar refractivity (Wildman–Crippen MR) is 107 cm³/mol. The molecule has 1 aromatic carbocycles. The summed E-state index contributed by atoms with van der Waals surface area (Å²) in [6.45, 7) is 5.76. The summed E-state index contributed by atoms with van der Waals surface area (Å²) in [7, 11) is -1.97. The van der Waals surface area contributed by atoms with Gasteiger partial charge >= 0.3 is 0 Å². The maximum atomic E-state index is 12.9. The van der Waals surface area contributed by atoms with Gasteiger partial charge in [-0.3, -0.25) is 14.3 Å². The highest BCUT2D eigenvalue weighted by atomic mass is 32.2. The van der Waals surface area contributed by atoms with Gasteiger partial charge in [0.05, 0.1) is 10.6 Å². The van der Waals surface area contributed by atoms with Crippen molar-refractivity contribution in [3.8, 4) is 0 Å². The first-order chi connectivity index (χ1) is 13.1. The second-order valence-electron chi connectivity index (χ2n) is 6.61. The smallest absolute Gasteiger partial charge is 0.277 e. The maximum Gasteiger partial charge on any atom is 0.277 e. The third-order valence-corrected chi connectivity index (χ3v) is 5.65. The average molecular weight is 407 g/mol. The van der Waals surface area contributed by atoms with Crippen LogP contribution < -0.4 is 5.56 Å². The van der Waals surface area contributed by atoms with Crippen molar-refractivity contribution in [1.29, 1.82) is 0 Å². The van der Waals surface area contributed by atoms with E-state index in [0.29, 0.717) is 36.1 Å². The molecule has 2 aromatic rings. The van der Waals surface area contributed by atoms with E-state index in [-0.39, 0.29) is 10.5 Å². The molecule has 1 aromatic heterocycles. The largest absolute Gasteiger partial charge is 0.396 e. The number of hydrogen-bond donors (Lipinski definition) is 1. The fourth-order valence-corrected chi connectivity index (χ4v) is 3.95. The van der Waals surface area contributed by atoms with Crippen LogP contribution in [0.2, 0.25) is 0 Å².